The summed E-state index contributed by atoms with van der Waals surface area (Å²) in [5.74, 6) is 1.18. The smallest absolute Gasteiger partial charge is 0.246 e. The van der Waals surface area contributed by atoms with E-state index in [1.807, 2.05) is 19.2 Å². The third-order valence-electron chi connectivity index (χ3n) is 5.01. The number of para-hydroxylation sites is 1. The Hall–Kier alpha value is -2.12. The first-order valence-corrected chi connectivity index (χ1v) is 10.3. The van der Waals surface area contributed by atoms with Crippen LogP contribution < -0.4 is 9.47 Å². The molecule has 1 aromatic heterocycles. The lowest BCUT2D eigenvalue weighted by Gasteiger charge is -2.32. The standard InChI is InChI=1S/C19H22N2O4S/c1-14-5-6-16(13-20-14)15-7-9-21(10-8-15)26(22,23)18-4-2-3-17-19(18)25-12-11-24-17/h2-6,13,15H,7-12H2,1H3. The van der Waals surface area contributed by atoms with E-state index in [2.05, 4.69) is 11.1 Å². The first-order valence-electron chi connectivity index (χ1n) is 8.87. The Morgan fingerprint density at radius 1 is 1.08 bits per heavy atom. The SMILES string of the molecule is Cc1ccc(C2CCN(S(=O)(=O)c3cccc4c3OCCO4)CC2)cn1. The first kappa shape index (κ1) is 17.3. The van der Waals surface area contributed by atoms with E-state index in [-0.39, 0.29) is 4.90 Å². The fraction of sp³-hybridized carbons (Fsp3) is 0.421. The summed E-state index contributed by atoms with van der Waals surface area (Å²) in [5.41, 5.74) is 2.17. The number of ether oxygens (including phenoxy) is 2. The molecule has 2 aliphatic rings. The van der Waals surface area contributed by atoms with Crippen molar-refractivity contribution in [3.05, 3.63) is 47.8 Å². The van der Waals surface area contributed by atoms with Gasteiger partial charge >= 0.3 is 0 Å². The monoisotopic (exact) mass is 374 g/mol. The zero-order chi connectivity index (χ0) is 18.1. The largest absolute Gasteiger partial charge is 0.486 e. The molecule has 0 unspecified atom stereocenters. The molecule has 3 heterocycles. The Labute approximate surface area is 153 Å². The Bertz CT molecular complexity index is 888. The second-order valence-electron chi connectivity index (χ2n) is 6.69. The number of hydrogen-bond donors (Lipinski definition) is 0. The number of benzene rings is 1. The number of aromatic nitrogens is 1. The molecule has 138 valence electrons. The van der Waals surface area contributed by atoms with Gasteiger partial charge < -0.3 is 9.47 Å². The molecule has 1 saturated heterocycles. The number of fused-ring (bicyclic) bond motifs is 1. The van der Waals surface area contributed by atoms with E-state index in [0.29, 0.717) is 43.7 Å². The van der Waals surface area contributed by atoms with Crippen LogP contribution in [0.25, 0.3) is 0 Å². The molecule has 2 aliphatic heterocycles. The van der Waals surface area contributed by atoms with Gasteiger partial charge in [-0.05, 0) is 49.4 Å². The molecule has 2 aromatic rings. The molecule has 0 radical (unpaired) electrons. The van der Waals surface area contributed by atoms with Crippen LogP contribution in [-0.2, 0) is 10.0 Å². The highest BCUT2D eigenvalue weighted by Crippen LogP contribution is 2.39. The third-order valence-corrected chi connectivity index (χ3v) is 6.93. The Morgan fingerprint density at radius 3 is 2.58 bits per heavy atom. The molecule has 0 spiro atoms. The van der Waals surface area contributed by atoms with E-state index in [1.54, 1.807) is 22.5 Å². The molecule has 1 fully saturated rings. The van der Waals surface area contributed by atoms with Gasteiger partial charge in [-0.25, -0.2) is 8.42 Å². The van der Waals surface area contributed by atoms with Crippen LogP contribution in [0.2, 0.25) is 0 Å². The van der Waals surface area contributed by atoms with Crippen molar-refractivity contribution in [2.75, 3.05) is 26.3 Å². The molecule has 0 bridgehead atoms. The quantitative estimate of drug-likeness (QED) is 0.826. The average molecular weight is 374 g/mol. The fourth-order valence-corrected chi connectivity index (χ4v) is 5.15. The van der Waals surface area contributed by atoms with Gasteiger partial charge in [-0.3, -0.25) is 4.98 Å². The zero-order valence-corrected chi connectivity index (χ0v) is 15.5. The summed E-state index contributed by atoms with van der Waals surface area (Å²) < 4.78 is 38.9. The van der Waals surface area contributed by atoms with Gasteiger partial charge in [-0.2, -0.15) is 4.31 Å². The van der Waals surface area contributed by atoms with Crippen molar-refractivity contribution in [2.24, 2.45) is 0 Å². The van der Waals surface area contributed by atoms with Gasteiger partial charge in [0, 0.05) is 25.0 Å². The van der Waals surface area contributed by atoms with E-state index in [9.17, 15) is 8.42 Å². The lowest BCUT2D eigenvalue weighted by Crippen LogP contribution is -2.38. The maximum Gasteiger partial charge on any atom is 0.246 e. The van der Waals surface area contributed by atoms with Gasteiger partial charge in [-0.15, -0.1) is 0 Å². The van der Waals surface area contributed by atoms with Crippen molar-refractivity contribution in [3.8, 4) is 11.5 Å². The van der Waals surface area contributed by atoms with Crippen molar-refractivity contribution < 1.29 is 17.9 Å². The summed E-state index contributed by atoms with van der Waals surface area (Å²) in [6.45, 7) is 3.75. The maximum atomic E-state index is 13.1. The van der Waals surface area contributed by atoms with Crippen molar-refractivity contribution in [1.29, 1.82) is 0 Å². The lowest BCUT2D eigenvalue weighted by molar-refractivity contribution is 0.166. The van der Waals surface area contributed by atoms with Crippen molar-refractivity contribution in [2.45, 2.75) is 30.6 Å². The van der Waals surface area contributed by atoms with E-state index in [0.717, 1.165) is 18.5 Å². The van der Waals surface area contributed by atoms with Crippen LogP contribution in [0.3, 0.4) is 0 Å². The molecule has 0 N–H and O–H groups in total. The van der Waals surface area contributed by atoms with E-state index in [4.69, 9.17) is 9.47 Å². The Balaban J connectivity index is 1.53. The van der Waals surface area contributed by atoms with Crippen LogP contribution in [0.4, 0.5) is 0 Å². The normalized spacial score (nSPS) is 18.7. The molecular weight excluding hydrogens is 352 g/mol. The number of hydrogen-bond acceptors (Lipinski definition) is 5. The second-order valence-corrected chi connectivity index (χ2v) is 8.60. The van der Waals surface area contributed by atoms with Gasteiger partial charge in [0.25, 0.3) is 0 Å². The van der Waals surface area contributed by atoms with Gasteiger partial charge in [0.15, 0.2) is 11.5 Å². The Kier molecular flexibility index (Phi) is 4.58. The molecule has 1 aromatic carbocycles. The van der Waals surface area contributed by atoms with Crippen LogP contribution in [0, 0.1) is 6.92 Å². The highest BCUT2D eigenvalue weighted by molar-refractivity contribution is 7.89. The molecule has 0 atom stereocenters. The second kappa shape index (κ2) is 6.89. The topological polar surface area (TPSA) is 68.7 Å². The minimum absolute atomic E-state index is 0.199. The van der Waals surface area contributed by atoms with Crippen LogP contribution in [0.1, 0.15) is 30.0 Å². The van der Waals surface area contributed by atoms with Crippen LogP contribution in [0.5, 0.6) is 11.5 Å². The molecular formula is C19H22N2O4S. The summed E-state index contributed by atoms with van der Waals surface area (Å²) in [5, 5.41) is 0. The minimum atomic E-state index is -3.60. The number of pyridine rings is 1. The highest BCUT2D eigenvalue weighted by Gasteiger charge is 2.33. The number of rotatable bonds is 3. The highest BCUT2D eigenvalue weighted by atomic mass is 32.2. The van der Waals surface area contributed by atoms with Crippen molar-refractivity contribution >= 4 is 10.0 Å². The summed E-state index contributed by atoms with van der Waals surface area (Å²) in [6.07, 6.45) is 3.48. The van der Waals surface area contributed by atoms with Crippen LogP contribution >= 0.6 is 0 Å². The molecule has 0 aliphatic carbocycles. The number of sulfonamides is 1. The van der Waals surface area contributed by atoms with E-state index < -0.39 is 10.0 Å². The predicted molar refractivity (Wildman–Crippen MR) is 97.1 cm³/mol. The molecule has 26 heavy (non-hydrogen) atoms. The molecule has 0 amide bonds. The number of aryl methyl sites for hydroxylation is 1. The van der Waals surface area contributed by atoms with Crippen molar-refractivity contribution in [3.63, 3.8) is 0 Å². The van der Waals surface area contributed by atoms with Crippen LogP contribution in [0.15, 0.2) is 41.4 Å². The molecule has 4 rings (SSSR count). The van der Waals surface area contributed by atoms with Gasteiger partial charge in [-0.1, -0.05) is 12.1 Å². The molecule has 0 saturated carbocycles. The third kappa shape index (κ3) is 3.17. The predicted octanol–water partition coefficient (Wildman–Crippen LogP) is 2.73. The van der Waals surface area contributed by atoms with Crippen molar-refractivity contribution in [1.82, 2.24) is 9.29 Å². The average Bonchev–Trinajstić information content (AvgIpc) is 2.68. The summed E-state index contributed by atoms with van der Waals surface area (Å²) in [4.78, 5) is 4.55. The number of piperidine rings is 1. The van der Waals surface area contributed by atoms with E-state index in [1.165, 1.54) is 5.56 Å². The van der Waals surface area contributed by atoms with Gasteiger partial charge in [0.1, 0.15) is 18.1 Å². The summed E-state index contributed by atoms with van der Waals surface area (Å²) >= 11 is 0. The van der Waals surface area contributed by atoms with Gasteiger partial charge in [0.05, 0.1) is 0 Å². The number of nitrogens with zero attached hydrogens (tertiary/aromatic N) is 2. The molecule has 6 nitrogen and oxygen atoms in total. The molecule has 7 heteroatoms. The van der Waals surface area contributed by atoms with Crippen LogP contribution in [-0.4, -0.2) is 44.0 Å². The lowest BCUT2D eigenvalue weighted by atomic mass is 9.91. The fourth-order valence-electron chi connectivity index (χ4n) is 3.54. The van der Waals surface area contributed by atoms with Gasteiger partial charge in [0.2, 0.25) is 10.0 Å². The first-order chi connectivity index (χ1) is 12.6. The maximum absolute atomic E-state index is 13.1. The Morgan fingerprint density at radius 2 is 1.85 bits per heavy atom. The minimum Gasteiger partial charge on any atom is -0.486 e. The summed E-state index contributed by atoms with van der Waals surface area (Å²) in [6, 6.07) is 9.13. The van der Waals surface area contributed by atoms with E-state index >= 15 is 0 Å². The zero-order valence-electron chi connectivity index (χ0n) is 14.7. The summed E-state index contributed by atoms with van der Waals surface area (Å²) in [7, 11) is -3.60.